The first-order valence-corrected chi connectivity index (χ1v) is 9.28. The first-order chi connectivity index (χ1) is 11.8. The Morgan fingerprint density at radius 2 is 2.00 bits per heavy atom. The van der Waals surface area contributed by atoms with Crippen LogP contribution in [0.5, 0.6) is 0 Å². The summed E-state index contributed by atoms with van der Waals surface area (Å²) in [6.45, 7) is 5.59. The smallest absolute Gasteiger partial charge is 0.149 e. The molecule has 2 aromatic rings. The van der Waals surface area contributed by atoms with Gasteiger partial charge in [0.05, 0.1) is 5.69 Å². The van der Waals surface area contributed by atoms with Crippen LogP contribution >= 0.6 is 0 Å². The lowest BCUT2D eigenvalue weighted by Crippen LogP contribution is -2.34. The summed E-state index contributed by atoms with van der Waals surface area (Å²) in [5.41, 5.74) is 5.06. The molecule has 2 aliphatic rings. The van der Waals surface area contributed by atoms with E-state index in [1.807, 2.05) is 0 Å². The van der Waals surface area contributed by atoms with Crippen molar-refractivity contribution in [2.45, 2.75) is 45.1 Å². The second-order valence-electron chi connectivity index (χ2n) is 6.92. The lowest BCUT2D eigenvalue weighted by Gasteiger charge is -2.23. The molecule has 126 valence electrons. The Labute approximate surface area is 144 Å². The van der Waals surface area contributed by atoms with Gasteiger partial charge in [-0.05, 0) is 62.4 Å². The van der Waals surface area contributed by atoms with Gasteiger partial charge in [-0.25, -0.2) is 0 Å². The first kappa shape index (κ1) is 15.6. The molecule has 0 spiro atoms. The lowest BCUT2D eigenvalue weighted by molar-refractivity contribution is 0.277. The molecule has 1 N–H and O–H groups in total. The van der Waals surface area contributed by atoms with Gasteiger partial charge in [0.15, 0.2) is 0 Å². The number of nitrogens with zero attached hydrogens (tertiary/aromatic N) is 3. The van der Waals surface area contributed by atoms with Crippen molar-refractivity contribution in [2.24, 2.45) is 0 Å². The number of benzene rings is 1. The van der Waals surface area contributed by atoms with Crippen molar-refractivity contribution < 1.29 is 0 Å². The third-order valence-electron chi connectivity index (χ3n) is 5.46. The van der Waals surface area contributed by atoms with E-state index < -0.39 is 0 Å². The number of hydrogen-bond donors (Lipinski definition) is 1. The number of likely N-dealkylation sites (tertiary alicyclic amines) is 1. The number of hydrogen-bond acceptors (Lipinski definition) is 4. The maximum absolute atomic E-state index is 4.58. The van der Waals surface area contributed by atoms with Crippen molar-refractivity contribution in [1.29, 1.82) is 0 Å². The molecular weight excluding hydrogens is 296 g/mol. The van der Waals surface area contributed by atoms with Crippen molar-refractivity contribution >= 4 is 5.82 Å². The van der Waals surface area contributed by atoms with Crippen molar-refractivity contribution in [3.63, 3.8) is 0 Å². The summed E-state index contributed by atoms with van der Waals surface area (Å²) in [4.78, 5) is 2.56. The number of anilines is 1. The Kier molecular flexibility index (Phi) is 4.48. The van der Waals surface area contributed by atoms with Gasteiger partial charge < -0.3 is 5.32 Å². The van der Waals surface area contributed by atoms with Crippen LogP contribution in [0.15, 0.2) is 30.3 Å². The fourth-order valence-corrected chi connectivity index (χ4v) is 4.14. The SMILES string of the molecule is CCN1CCCC1CNc1cc2c(nn1)-c1ccccc1CCC2. The molecule has 24 heavy (non-hydrogen) atoms. The molecule has 0 saturated carbocycles. The molecule has 2 heterocycles. The molecule has 1 aliphatic heterocycles. The predicted molar refractivity (Wildman–Crippen MR) is 98.3 cm³/mol. The molecule has 0 amide bonds. The summed E-state index contributed by atoms with van der Waals surface area (Å²) in [5.74, 6) is 0.927. The van der Waals surface area contributed by atoms with Crippen LogP contribution in [0.3, 0.4) is 0 Å². The quantitative estimate of drug-likeness (QED) is 0.935. The Morgan fingerprint density at radius 3 is 2.92 bits per heavy atom. The molecule has 1 saturated heterocycles. The number of nitrogens with one attached hydrogen (secondary N) is 1. The third kappa shape index (κ3) is 3.03. The van der Waals surface area contributed by atoms with E-state index in [0.717, 1.165) is 37.4 Å². The Bertz CT molecular complexity index is 713. The minimum absolute atomic E-state index is 0.635. The highest BCUT2D eigenvalue weighted by molar-refractivity contribution is 5.68. The fraction of sp³-hybridized carbons (Fsp3) is 0.500. The van der Waals surface area contributed by atoms with Crippen LogP contribution in [-0.2, 0) is 12.8 Å². The molecule has 4 rings (SSSR count). The average molecular weight is 322 g/mol. The summed E-state index contributed by atoms with van der Waals surface area (Å²) >= 11 is 0. The maximum atomic E-state index is 4.58. The van der Waals surface area contributed by atoms with Crippen molar-refractivity contribution in [3.05, 3.63) is 41.5 Å². The van der Waals surface area contributed by atoms with E-state index in [-0.39, 0.29) is 0 Å². The Hall–Kier alpha value is -1.94. The van der Waals surface area contributed by atoms with Crippen LogP contribution in [0, 0.1) is 0 Å². The maximum Gasteiger partial charge on any atom is 0.149 e. The van der Waals surface area contributed by atoms with Crippen LogP contribution in [-0.4, -0.2) is 40.8 Å². The summed E-state index contributed by atoms with van der Waals surface area (Å²) in [7, 11) is 0. The van der Waals surface area contributed by atoms with Gasteiger partial charge in [0.1, 0.15) is 5.82 Å². The fourth-order valence-electron chi connectivity index (χ4n) is 4.14. The molecule has 1 fully saturated rings. The topological polar surface area (TPSA) is 41.0 Å². The van der Waals surface area contributed by atoms with Crippen molar-refractivity contribution in [2.75, 3.05) is 25.0 Å². The zero-order valence-corrected chi connectivity index (χ0v) is 14.5. The molecule has 0 radical (unpaired) electrons. The number of rotatable bonds is 4. The van der Waals surface area contributed by atoms with Gasteiger partial charge in [-0.15, -0.1) is 10.2 Å². The van der Waals surface area contributed by atoms with Crippen LogP contribution in [0.2, 0.25) is 0 Å². The molecule has 0 bridgehead atoms. The molecule has 1 aromatic carbocycles. The van der Waals surface area contributed by atoms with Crippen LogP contribution < -0.4 is 5.32 Å². The standard InChI is InChI=1S/C20H26N4/c1-2-24-12-6-10-17(24)14-21-19-13-16-9-5-8-15-7-3-4-11-18(15)20(16)23-22-19/h3-4,7,11,13,17H,2,5-6,8-10,12,14H2,1H3,(H,21,22). The van der Waals surface area contributed by atoms with Gasteiger partial charge in [0.25, 0.3) is 0 Å². The zero-order valence-electron chi connectivity index (χ0n) is 14.5. The second kappa shape index (κ2) is 6.89. The van der Waals surface area contributed by atoms with Crippen LogP contribution in [0.4, 0.5) is 5.82 Å². The van der Waals surface area contributed by atoms with E-state index in [1.54, 1.807) is 0 Å². The van der Waals surface area contributed by atoms with Gasteiger partial charge >= 0.3 is 0 Å². The van der Waals surface area contributed by atoms with E-state index in [4.69, 9.17) is 0 Å². The Balaban J connectivity index is 1.53. The van der Waals surface area contributed by atoms with E-state index in [1.165, 1.54) is 42.5 Å². The molecule has 1 aliphatic carbocycles. The molecule has 4 nitrogen and oxygen atoms in total. The summed E-state index contributed by atoms with van der Waals surface area (Å²) in [6.07, 6.45) is 5.99. The predicted octanol–water partition coefficient (Wildman–Crippen LogP) is 3.53. The summed E-state index contributed by atoms with van der Waals surface area (Å²) in [5, 5.41) is 12.6. The molecule has 1 aromatic heterocycles. The van der Waals surface area contributed by atoms with Crippen molar-refractivity contribution in [3.8, 4) is 11.3 Å². The summed E-state index contributed by atoms with van der Waals surface area (Å²) in [6, 6.07) is 11.5. The highest BCUT2D eigenvalue weighted by Crippen LogP contribution is 2.31. The number of likely N-dealkylation sites (N-methyl/N-ethyl adjacent to an activating group) is 1. The van der Waals surface area contributed by atoms with E-state index in [9.17, 15) is 0 Å². The minimum Gasteiger partial charge on any atom is -0.367 e. The largest absolute Gasteiger partial charge is 0.367 e. The van der Waals surface area contributed by atoms with E-state index in [2.05, 4.69) is 57.7 Å². The molecule has 1 atom stereocenters. The zero-order chi connectivity index (χ0) is 16.4. The highest BCUT2D eigenvalue weighted by atomic mass is 15.2. The normalized spacial score (nSPS) is 20.3. The van der Waals surface area contributed by atoms with Gasteiger partial charge in [0, 0.05) is 18.2 Å². The van der Waals surface area contributed by atoms with E-state index >= 15 is 0 Å². The van der Waals surface area contributed by atoms with E-state index in [0.29, 0.717) is 6.04 Å². The number of fused-ring (bicyclic) bond motifs is 3. The molecule has 1 unspecified atom stereocenters. The monoisotopic (exact) mass is 322 g/mol. The number of aryl methyl sites for hydroxylation is 2. The Morgan fingerprint density at radius 1 is 1.12 bits per heavy atom. The van der Waals surface area contributed by atoms with Crippen molar-refractivity contribution in [1.82, 2.24) is 15.1 Å². The average Bonchev–Trinajstić information content (AvgIpc) is 3.00. The van der Waals surface area contributed by atoms with Gasteiger partial charge in [0.2, 0.25) is 0 Å². The lowest BCUT2D eigenvalue weighted by atomic mass is 10.0. The van der Waals surface area contributed by atoms with Gasteiger partial charge in [-0.2, -0.15) is 0 Å². The highest BCUT2D eigenvalue weighted by Gasteiger charge is 2.23. The van der Waals surface area contributed by atoms with Crippen LogP contribution in [0.1, 0.15) is 37.3 Å². The van der Waals surface area contributed by atoms with Gasteiger partial charge in [-0.3, -0.25) is 4.90 Å². The minimum atomic E-state index is 0.635. The summed E-state index contributed by atoms with van der Waals surface area (Å²) < 4.78 is 0. The molecular formula is C20H26N4. The number of aromatic nitrogens is 2. The first-order valence-electron chi connectivity index (χ1n) is 9.28. The van der Waals surface area contributed by atoms with Crippen LogP contribution in [0.25, 0.3) is 11.3 Å². The molecule has 4 heteroatoms. The van der Waals surface area contributed by atoms with Gasteiger partial charge in [-0.1, -0.05) is 31.2 Å². The third-order valence-corrected chi connectivity index (χ3v) is 5.46. The second-order valence-corrected chi connectivity index (χ2v) is 6.92.